The Balaban J connectivity index is 2.38. The highest BCUT2D eigenvalue weighted by atomic mass is 79.9. The molecular weight excluding hydrogens is 366 g/mol. The number of halogens is 2. The molecule has 2 rings (SSSR count). The van der Waals surface area contributed by atoms with E-state index in [0.717, 1.165) is 4.47 Å². The Bertz CT molecular complexity index is 504. The number of esters is 1. The predicted octanol–water partition coefficient (Wildman–Crippen LogP) is 2.74. The number of alkyl halides is 1. The van der Waals surface area contributed by atoms with Crippen LogP contribution in [0.5, 0.6) is 0 Å². The van der Waals surface area contributed by atoms with Crippen molar-refractivity contribution in [2.75, 3.05) is 18.6 Å². The quantitative estimate of drug-likeness (QED) is 0.589. The minimum atomic E-state index is -0.411. The summed E-state index contributed by atoms with van der Waals surface area (Å²) in [4.78, 5) is 25.1. The standard InChI is InChI=1S/C12H11Br2NO3/c1-18-12(17)7-2-3-9(14)10(4-7)15-6-8(13)5-11(15)16/h2-4,8H,5-6H2,1H3. The smallest absolute Gasteiger partial charge is 0.337 e. The highest BCUT2D eigenvalue weighted by molar-refractivity contribution is 9.10. The number of hydrogen-bond donors (Lipinski definition) is 0. The summed E-state index contributed by atoms with van der Waals surface area (Å²) in [6, 6.07) is 5.07. The summed E-state index contributed by atoms with van der Waals surface area (Å²) in [6.07, 6.45) is 0.467. The van der Waals surface area contributed by atoms with Crippen molar-refractivity contribution in [3.63, 3.8) is 0 Å². The topological polar surface area (TPSA) is 46.6 Å². The number of anilines is 1. The van der Waals surface area contributed by atoms with E-state index >= 15 is 0 Å². The molecule has 0 N–H and O–H groups in total. The van der Waals surface area contributed by atoms with Crippen molar-refractivity contribution in [1.82, 2.24) is 0 Å². The Morgan fingerprint density at radius 1 is 1.50 bits per heavy atom. The van der Waals surface area contributed by atoms with Gasteiger partial charge in [0.2, 0.25) is 5.91 Å². The van der Waals surface area contributed by atoms with Gasteiger partial charge in [0.25, 0.3) is 0 Å². The van der Waals surface area contributed by atoms with Crippen LogP contribution in [0.2, 0.25) is 0 Å². The molecule has 0 radical (unpaired) electrons. The van der Waals surface area contributed by atoms with Crippen molar-refractivity contribution in [3.8, 4) is 0 Å². The molecule has 0 spiro atoms. The number of ether oxygens (including phenoxy) is 1. The van der Waals surface area contributed by atoms with Crippen LogP contribution in [0.25, 0.3) is 0 Å². The highest BCUT2D eigenvalue weighted by Gasteiger charge is 2.30. The maximum absolute atomic E-state index is 11.8. The summed E-state index contributed by atoms with van der Waals surface area (Å²) in [5.41, 5.74) is 1.13. The number of benzene rings is 1. The monoisotopic (exact) mass is 375 g/mol. The lowest BCUT2D eigenvalue weighted by Gasteiger charge is -2.18. The fraction of sp³-hybridized carbons (Fsp3) is 0.333. The van der Waals surface area contributed by atoms with E-state index in [1.165, 1.54) is 7.11 Å². The molecule has 0 bridgehead atoms. The zero-order valence-electron chi connectivity index (χ0n) is 9.65. The van der Waals surface area contributed by atoms with Crippen LogP contribution in [-0.2, 0) is 9.53 Å². The zero-order chi connectivity index (χ0) is 13.3. The van der Waals surface area contributed by atoms with Crippen LogP contribution in [0.3, 0.4) is 0 Å². The SMILES string of the molecule is COC(=O)c1ccc(Br)c(N2CC(Br)CC2=O)c1. The third kappa shape index (κ3) is 2.59. The van der Waals surface area contributed by atoms with Gasteiger partial charge in [0.05, 0.1) is 18.4 Å². The predicted molar refractivity (Wildman–Crippen MR) is 75.2 cm³/mol. The van der Waals surface area contributed by atoms with Gasteiger partial charge in [0.1, 0.15) is 0 Å². The maximum atomic E-state index is 11.8. The van der Waals surface area contributed by atoms with E-state index in [1.807, 2.05) is 0 Å². The Labute approximate surface area is 122 Å². The van der Waals surface area contributed by atoms with E-state index in [-0.39, 0.29) is 10.7 Å². The van der Waals surface area contributed by atoms with Crippen molar-refractivity contribution in [1.29, 1.82) is 0 Å². The molecular formula is C12H11Br2NO3. The van der Waals surface area contributed by atoms with Gasteiger partial charge in [-0.3, -0.25) is 4.79 Å². The molecule has 6 heteroatoms. The van der Waals surface area contributed by atoms with Crippen molar-refractivity contribution >= 4 is 49.4 Å². The largest absolute Gasteiger partial charge is 0.465 e. The number of nitrogens with zero attached hydrogens (tertiary/aromatic N) is 1. The highest BCUT2D eigenvalue weighted by Crippen LogP contribution is 2.32. The zero-order valence-corrected chi connectivity index (χ0v) is 12.8. The molecule has 0 aliphatic carbocycles. The molecule has 18 heavy (non-hydrogen) atoms. The maximum Gasteiger partial charge on any atom is 0.337 e. The summed E-state index contributed by atoms with van der Waals surface area (Å²) in [5.74, 6) is -0.370. The second-order valence-electron chi connectivity index (χ2n) is 3.96. The lowest BCUT2D eigenvalue weighted by molar-refractivity contribution is -0.117. The first kappa shape index (κ1) is 13.5. The summed E-state index contributed by atoms with van der Waals surface area (Å²) in [5, 5.41) is 0. The van der Waals surface area contributed by atoms with Crippen LogP contribution in [0, 0.1) is 0 Å². The van der Waals surface area contributed by atoms with Crippen LogP contribution in [0.1, 0.15) is 16.8 Å². The molecule has 1 aliphatic heterocycles. The van der Waals surface area contributed by atoms with Gasteiger partial charge in [-0.05, 0) is 34.1 Å². The van der Waals surface area contributed by atoms with Crippen LogP contribution in [0.15, 0.2) is 22.7 Å². The Morgan fingerprint density at radius 3 is 2.78 bits per heavy atom. The second-order valence-corrected chi connectivity index (χ2v) is 6.11. The van der Waals surface area contributed by atoms with Crippen LogP contribution < -0.4 is 4.90 Å². The first-order valence-corrected chi connectivity index (χ1v) is 7.06. The molecule has 96 valence electrons. The number of rotatable bonds is 2. The number of hydrogen-bond acceptors (Lipinski definition) is 3. The van der Waals surface area contributed by atoms with Crippen LogP contribution in [-0.4, -0.2) is 30.4 Å². The third-order valence-electron chi connectivity index (χ3n) is 2.74. The van der Waals surface area contributed by atoms with Crippen LogP contribution in [0.4, 0.5) is 5.69 Å². The molecule has 1 aromatic carbocycles. The normalized spacial score (nSPS) is 19.2. The van der Waals surface area contributed by atoms with E-state index in [1.54, 1.807) is 23.1 Å². The van der Waals surface area contributed by atoms with Gasteiger partial charge in [-0.2, -0.15) is 0 Å². The summed E-state index contributed by atoms with van der Waals surface area (Å²) >= 11 is 6.83. The van der Waals surface area contributed by atoms with E-state index in [2.05, 4.69) is 36.6 Å². The van der Waals surface area contributed by atoms with E-state index in [9.17, 15) is 9.59 Å². The molecule has 0 saturated carbocycles. The van der Waals surface area contributed by atoms with E-state index in [4.69, 9.17) is 0 Å². The van der Waals surface area contributed by atoms with Gasteiger partial charge in [0.15, 0.2) is 0 Å². The number of carbonyl (C=O) groups excluding carboxylic acids is 2. The molecule has 1 amide bonds. The second kappa shape index (κ2) is 5.40. The first-order chi connectivity index (χ1) is 8.52. The molecule has 1 aliphatic rings. The average Bonchev–Trinajstić information content (AvgIpc) is 2.68. The minimum absolute atomic E-state index is 0.0413. The average molecular weight is 377 g/mol. The molecule has 1 saturated heterocycles. The summed E-state index contributed by atoms with van der Waals surface area (Å²) in [7, 11) is 1.33. The van der Waals surface area contributed by atoms with Crippen molar-refractivity contribution in [2.45, 2.75) is 11.2 Å². The van der Waals surface area contributed by atoms with Crippen molar-refractivity contribution in [3.05, 3.63) is 28.2 Å². The Kier molecular flexibility index (Phi) is 4.07. The van der Waals surface area contributed by atoms with E-state index < -0.39 is 5.97 Å². The minimum Gasteiger partial charge on any atom is -0.465 e. The molecule has 4 nitrogen and oxygen atoms in total. The Morgan fingerprint density at radius 2 is 2.22 bits per heavy atom. The lowest BCUT2D eigenvalue weighted by atomic mass is 10.2. The molecule has 0 aromatic heterocycles. The Hall–Kier alpha value is -0.880. The van der Waals surface area contributed by atoms with Crippen LogP contribution >= 0.6 is 31.9 Å². The number of carbonyl (C=O) groups is 2. The van der Waals surface area contributed by atoms with Gasteiger partial charge >= 0.3 is 5.97 Å². The molecule has 1 atom stereocenters. The van der Waals surface area contributed by atoms with Crippen molar-refractivity contribution in [2.24, 2.45) is 0 Å². The fourth-order valence-electron chi connectivity index (χ4n) is 1.86. The fourth-order valence-corrected chi connectivity index (χ4v) is 2.89. The first-order valence-electron chi connectivity index (χ1n) is 5.35. The summed E-state index contributed by atoms with van der Waals surface area (Å²) in [6.45, 7) is 0.599. The molecule has 1 fully saturated rings. The van der Waals surface area contributed by atoms with Gasteiger partial charge in [-0.1, -0.05) is 15.9 Å². The molecule has 1 unspecified atom stereocenters. The van der Waals surface area contributed by atoms with Gasteiger partial charge in [-0.15, -0.1) is 0 Å². The van der Waals surface area contributed by atoms with Gasteiger partial charge in [0, 0.05) is 22.3 Å². The number of methoxy groups -OCH3 is 1. The van der Waals surface area contributed by atoms with Gasteiger partial charge in [-0.25, -0.2) is 4.79 Å². The molecule has 1 heterocycles. The van der Waals surface area contributed by atoms with E-state index in [0.29, 0.717) is 24.2 Å². The van der Waals surface area contributed by atoms with Crippen molar-refractivity contribution < 1.29 is 14.3 Å². The summed E-state index contributed by atoms with van der Waals surface area (Å²) < 4.78 is 5.46. The number of amides is 1. The van der Waals surface area contributed by atoms with Gasteiger partial charge < -0.3 is 9.64 Å². The lowest BCUT2D eigenvalue weighted by Crippen LogP contribution is -2.25. The third-order valence-corrected chi connectivity index (χ3v) is 4.02. The molecule has 1 aromatic rings.